The maximum Gasteiger partial charge on any atom is 0.0237 e. The van der Waals surface area contributed by atoms with Crippen molar-refractivity contribution in [3.8, 4) is 0 Å². The topological polar surface area (TPSA) is 41.3 Å². The summed E-state index contributed by atoms with van der Waals surface area (Å²) in [6, 6.07) is 12.7. The van der Waals surface area contributed by atoms with Gasteiger partial charge in [-0.15, -0.1) is 0 Å². The SMILES string of the molecule is NC1CCC(NCC2CCCN2Cc2ccccc2)CC1. The average Bonchev–Trinajstić information content (AvgIpc) is 2.95. The molecule has 1 unspecified atom stereocenters. The second-order valence-electron chi connectivity index (χ2n) is 6.77. The minimum atomic E-state index is 0.448. The Kier molecular flexibility index (Phi) is 5.28. The lowest BCUT2D eigenvalue weighted by Gasteiger charge is -2.30. The number of likely N-dealkylation sites (tertiary alicyclic amines) is 1. The molecule has 3 N–H and O–H groups in total. The molecule has 0 amide bonds. The standard InChI is InChI=1S/C18H29N3/c19-16-8-10-17(11-9-16)20-13-18-7-4-12-21(18)14-15-5-2-1-3-6-15/h1-3,5-6,16-18,20H,4,7-14,19H2. The van der Waals surface area contributed by atoms with Crippen LogP contribution in [0.15, 0.2) is 30.3 Å². The van der Waals surface area contributed by atoms with Crippen molar-refractivity contribution in [1.29, 1.82) is 0 Å². The van der Waals surface area contributed by atoms with Gasteiger partial charge in [0.25, 0.3) is 0 Å². The van der Waals surface area contributed by atoms with E-state index in [-0.39, 0.29) is 0 Å². The number of nitrogens with zero attached hydrogens (tertiary/aromatic N) is 1. The monoisotopic (exact) mass is 287 g/mol. The molecule has 1 aliphatic heterocycles. The average molecular weight is 287 g/mol. The van der Waals surface area contributed by atoms with Crippen molar-refractivity contribution in [1.82, 2.24) is 10.2 Å². The Morgan fingerprint density at radius 2 is 1.81 bits per heavy atom. The summed E-state index contributed by atoms with van der Waals surface area (Å²) in [4.78, 5) is 2.65. The van der Waals surface area contributed by atoms with Crippen LogP contribution >= 0.6 is 0 Å². The summed E-state index contributed by atoms with van der Waals surface area (Å²) in [5.74, 6) is 0. The van der Waals surface area contributed by atoms with Crippen LogP contribution in [0.4, 0.5) is 0 Å². The van der Waals surface area contributed by atoms with E-state index in [1.807, 2.05) is 0 Å². The lowest BCUT2D eigenvalue weighted by atomic mass is 9.91. The van der Waals surface area contributed by atoms with Crippen LogP contribution in [0.2, 0.25) is 0 Å². The molecular formula is C18H29N3. The van der Waals surface area contributed by atoms with E-state index in [1.165, 1.54) is 50.6 Å². The van der Waals surface area contributed by atoms with Gasteiger partial charge < -0.3 is 11.1 Å². The van der Waals surface area contributed by atoms with Crippen LogP contribution in [0.1, 0.15) is 44.1 Å². The summed E-state index contributed by atoms with van der Waals surface area (Å²) in [5.41, 5.74) is 7.43. The normalized spacial score (nSPS) is 30.6. The largest absolute Gasteiger partial charge is 0.328 e. The van der Waals surface area contributed by atoms with Crippen LogP contribution in [0, 0.1) is 0 Å². The van der Waals surface area contributed by atoms with Gasteiger partial charge in [0, 0.05) is 31.2 Å². The number of hydrogen-bond acceptors (Lipinski definition) is 3. The zero-order valence-corrected chi connectivity index (χ0v) is 13.0. The number of hydrogen-bond donors (Lipinski definition) is 2. The molecule has 2 fully saturated rings. The molecule has 0 spiro atoms. The summed E-state index contributed by atoms with van der Waals surface area (Å²) < 4.78 is 0. The molecule has 2 aliphatic rings. The van der Waals surface area contributed by atoms with E-state index in [9.17, 15) is 0 Å². The van der Waals surface area contributed by atoms with Crippen molar-refractivity contribution >= 4 is 0 Å². The summed E-state index contributed by atoms with van der Waals surface area (Å²) in [6.07, 6.45) is 7.58. The number of nitrogens with two attached hydrogens (primary N) is 1. The van der Waals surface area contributed by atoms with Gasteiger partial charge >= 0.3 is 0 Å². The van der Waals surface area contributed by atoms with E-state index in [1.54, 1.807) is 0 Å². The van der Waals surface area contributed by atoms with Gasteiger partial charge in [0.15, 0.2) is 0 Å². The highest BCUT2D eigenvalue weighted by molar-refractivity contribution is 5.14. The van der Waals surface area contributed by atoms with Crippen molar-refractivity contribution in [2.45, 2.75) is 63.2 Å². The first-order valence-corrected chi connectivity index (χ1v) is 8.58. The molecule has 1 heterocycles. The minimum Gasteiger partial charge on any atom is -0.328 e. The smallest absolute Gasteiger partial charge is 0.0237 e. The van der Waals surface area contributed by atoms with Crippen molar-refractivity contribution in [3.05, 3.63) is 35.9 Å². The fourth-order valence-electron chi connectivity index (χ4n) is 3.78. The van der Waals surface area contributed by atoms with Crippen LogP contribution in [0.5, 0.6) is 0 Å². The molecule has 0 bridgehead atoms. The number of nitrogens with one attached hydrogen (secondary N) is 1. The maximum atomic E-state index is 5.99. The molecule has 1 saturated heterocycles. The van der Waals surface area contributed by atoms with E-state index in [2.05, 4.69) is 40.5 Å². The molecule has 116 valence electrons. The second-order valence-corrected chi connectivity index (χ2v) is 6.77. The summed E-state index contributed by atoms with van der Waals surface area (Å²) in [5, 5.41) is 3.80. The van der Waals surface area contributed by atoms with E-state index in [0.717, 1.165) is 13.1 Å². The Bertz CT molecular complexity index is 412. The molecule has 1 aliphatic carbocycles. The third kappa shape index (κ3) is 4.29. The molecule has 1 atom stereocenters. The van der Waals surface area contributed by atoms with Gasteiger partial charge in [-0.2, -0.15) is 0 Å². The van der Waals surface area contributed by atoms with Gasteiger partial charge in [-0.3, -0.25) is 4.90 Å². The number of rotatable bonds is 5. The van der Waals surface area contributed by atoms with Crippen molar-refractivity contribution in [2.24, 2.45) is 5.73 Å². The Morgan fingerprint density at radius 3 is 2.57 bits per heavy atom. The quantitative estimate of drug-likeness (QED) is 0.874. The van der Waals surface area contributed by atoms with Gasteiger partial charge in [0.05, 0.1) is 0 Å². The molecule has 0 radical (unpaired) electrons. The molecule has 1 saturated carbocycles. The molecule has 1 aromatic carbocycles. The van der Waals surface area contributed by atoms with E-state index in [4.69, 9.17) is 5.73 Å². The maximum absolute atomic E-state index is 5.99. The molecule has 3 nitrogen and oxygen atoms in total. The third-order valence-corrected chi connectivity index (χ3v) is 5.14. The first kappa shape index (κ1) is 15.0. The van der Waals surface area contributed by atoms with Crippen LogP contribution in [0.25, 0.3) is 0 Å². The van der Waals surface area contributed by atoms with Crippen LogP contribution < -0.4 is 11.1 Å². The van der Waals surface area contributed by atoms with Crippen LogP contribution in [0.3, 0.4) is 0 Å². The van der Waals surface area contributed by atoms with Gasteiger partial charge in [0.2, 0.25) is 0 Å². The van der Waals surface area contributed by atoms with E-state index < -0.39 is 0 Å². The summed E-state index contributed by atoms with van der Waals surface area (Å²) >= 11 is 0. The Morgan fingerprint density at radius 1 is 1.05 bits per heavy atom. The van der Waals surface area contributed by atoms with Crippen molar-refractivity contribution in [2.75, 3.05) is 13.1 Å². The first-order valence-electron chi connectivity index (χ1n) is 8.58. The highest BCUT2D eigenvalue weighted by atomic mass is 15.2. The Hall–Kier alpha value is -0.900. The minimum absolute atomic E-state index is 0.448. The van der Waals surface area contributed by atoms with Gasteiger partial charge in [-0.05, 0) is 50.6 Å². The predicted octanol–water partition coefficient (Wildman–Crippen LogP) is 2.51. The first-order chi connectivity index (χ1) is 10.3. The van der Waals surface area contributed by atoms with Crippen LogP contribution in [-0.2, 0) is 6.54 Å². The molecule has 0 aromatic heterocycles. The third-order valence-electron chi connectivity index (χ3n) is 5.14. The molecule has 3 heteroatoms. The van der Waals surface area contributed by atoms with Gasteiger partial charge in [-0.1, -0.05) is 30.3 Å². The number of benzene rings is 1. The van der Waals surface area contributed by atoms with Crippen molar-refractivity contribution < 1.29 is 0 Å². The molecule has 3 rings (SSSR count). The van der Waals surface area contributed by atoms with Crippen LogP contribution in [-0.4, -0.2) is 36.1 Å². The van der Waals surface area contributed by atoms with Gasteiger partial charge in [-0.25, -0.2) is 0 Å². The Labute approximate surface area is 128 Å². The molecule has 1 aromatic rings. The molecular weight excluding hydrogens is 258 g/mol. The zero-order chi connectivity index (χ0) is 14.5. The van der Waals surface area contributed by atoms with E-state index >= 15 is 0 Å². The lowest BCUT2D eigenvalue weighted by molar-refractivity contribution is 0.225. The second kappa shape index (κ2) is 7.39. The predicted molar refractivity (Wildman–Crippen MR) is 88.1 cm³/mol. The lowest BCUT2D eigenvalue weighted by Crippen LogP contribution is -2.44. The van der Waals surface area contributed by atoms with Crippen molar-refractivity contribution in [3.63, 3.8) is 0 Å². The van der Waals surface area contributed by atoms with Gasteiger partial charge in [0.1, 0.15) is 0 Å². The zero-order valence-electron chi connectivity index (χ0n) is 13.0. The highest BCUT2D eigenvalue weighted by Crippen LogP contribution is 2.21. The molecule has 21 heavy (non-hydrogen) atoms. The fourth-order valence-corrected chi connectivity index (χ4v) is 3.78. The summed E-state index contributed by atoms with van der Waals surface area (Å²) in [7, 11) is 0. The fraction of sp³-hybridized carbons (Fsp3) is 0.667. The Balaban J connectivity index is 1.46. The van der Waals surface area contributed by atoms with E-state index in [0.29, 0.717) is 18.1 Å². The highest BCUT2D eigenvalue weighted by Gasteiger charge is 2.26. The summed E-state index contributed by atoms with van der Waals surface area (Å²) in [6.45, 7) is 3.49.